The third kappa shape index (κ3) is 6.34. The van der Waals surface area contributed by atoms with Crippen molar-refractivity contribution in [3.63, 3.8) is 0 Å². The third-order valence-electron chi connectivity index (χ3n) is 7.08. The third-order valence-corrected chi connectivity index (χ3v) is 7.08. The number of carboxylic acids is 1. The van der Waals surface area contributed by atoms with Crippen molar-refractivity contribution in [3.05, 3.63) is 42.5 Å². The van der Waals surface area contributed by atoms with Gasteiger partial charge in [-0.25, -0.2) is 14.8 Å². The highest BCUT2D eigenvalue weighted by molar-refractivity contribution is 5.94. The number of hydrogen-bond acceptors (Lipinski definition) is 8. The number of aliphatic carboxylic acids is 1. The van der Waals surface area contributed by atoms with Gasteiger partial charge in [0.2, 0.25) is 11.9 Å². The Kier molecular flexibility index (Phi) is 8.07. The van der Waals surface area contributed by atoms with Gasteiger partial charge in [0.15, 0.2) is 0 Å². The van der Waals surface area contributed by atoms with E-state index in [9.17, 15) is 22.8 Å². The number of hydrogen-bond donors (Lipinski definition) is 2. The summed E-state index contributed by atoms with van der Waals surface area (Å²) in [5.41, 5.74) is -0.0125. The number of nitrogens with one attached hydrogen (secondary N) is 1. The first-order chi connectivity index (χ1) is 18.1. The van der Waals surface area contributed by atoms with E-state index in [1.807, 2.05) is 4.90 Å². The van der Waals surface area contributed by atoms with E-state index in [0.717, 1.165) is 19.4 Å². The zero-order valence-electron chi connectivity index (χ0n) is 20.5. The molecule has 2 N–H and O–H groups in total. The van der Waals surface area contributed by atoms with Gasteiger partial charge in [0.1, 0.15) is 0 Å². The van der Waals surface area contributed by atoms with E-state index in [0.29, 0.717) is 43.6 Å². The minimum Gasteiger partial charge on any atom is -0.475 e. The molecule has 2 saturated heterocycles. The second-order valence-corrected chi connectivity index (χ2v) is 9.72. The predicted molar refractivity (Wildman–Crippen MR) is 127 cm³/mol. The van der Waals surface area contributed by atoms with Gasteiger partial charge in [-0.1, -0.05) is 0 Å². The summed E-state index contributed by atoms with van der Waals surface area (Å²) < 4.78 is 31.7. The summed E-state index contributed by atoms with van der Waals surface area (Å²) in [6.45, 7) is 3.15. The van der Waals surface area contributed by atoms with Crippen LogP contribution < -0.4 is 10.2 Å². The van der Waals surface area contributed by atoms with Crippen LogP contribution in [-0.2, 0) is 9.59 Å². The van der Waals surface area contributed by atoms with E-state index in [1.165, 1.54) is 25.2 Å². The molecule has 4 heterocycles. The molecule has 14 heteroatoms. The SMILES string of the molecule is O=C(O)C(F)(F)F.O=C(c1ccnnc1)N1CCC[C@]2(C(=O)NCC3CC3)CN(c3ncccn3)C[C@@H]2C1. The molecule has 2 aliphatic heterocycles. The van der Waals surface area contributed by atoms with Crippen molar-refractivity contribution in [1.29, 1.82) is 0 Å². The number of aromatic nitrogens is 4. The standard InChI is InChI=1S/C22H27N7O2.C2HF3O2/c30-19(17-5-9-26-27-12-17)28-10-1-6-22(20(31)25-11-16-3-4-16)15-29(14-18(22)13-28)21-23-7-2-8-24-21;3-2(4,5)1(6)7/h2,5,7-9,12,16,18H,1,3-4,6,10-11,13-15H2,(H,25,31);(H,6,7)/t18-,22-;/m0./s1. The molecular formula is C24H28F3N7O4. The molecule has 0 radical (unpaired) electrons. The van der Waals surface area contributed by atoms with Gasteiger partial charge >= 0.3 is 12.1 Å². The van der Waals surface area contributed by atoms with Crippen LogP contribution in [0.1, 0.15) is 36.0 Å². The first-order valence-electron chi connectivity index (χ1n) is 12.3. The van der Waals surface area contributed by atoms with E-state index < -0.39 is 17.6 Å². The molecule has 3 fully saturated rings. The highest BCUT2D eigenvalue weighted by Crippen LogP contribution is 2.44. The smallest absolute Gasteiger partial charge is 0.475 e. The van der Waals surface area contributed by atoms with E-state index in [4.69, 9.17) is 9.90 Å². The van der Waals surface area contributed by atoms with Gasteiger partial charge in [0.05, 0.1) is 23.4 Å². The van der Waals surface area contributed by atoms with Crippen molar-refractivity contribution in [1.82, 2.24) is 30.4 Å². The zero-order valence-corrected chi connectivity index (χ0v) is 20.5. The van der Waals surface area contributed by atoms with E-state index in [-0.39, 0.29) is 17.7 Å². The Morgan fingerprint density at radius 3 is 2.42 bits per heavy atom. The fraction of sp³-hybridized carbons (Fsp3) is 0.542. The van der Waals surface area contributed by atoms with Gasteiger partial charge in [-0.15, -0.1) is 0 Å². The Balaban J connectivity index is 0.000000426. The van der Waals surface area contributed by atoms with Crippen molar-refractivity contribution in [2.75, 3.05) is 37.6 Å². The summed E-state index contributed by atoms with van der Waals surface area (Å²) in [5, 5.41) is 18.0. The van der Waals surface area contributed by atoms with Crippen LogP contribution in [0.5, 0.6) is 0 Å². The van der Waals surface area contributed by atoms with Crippen LogP contribution in [0.4, 0.5) is 19.1 Å². The maximum absolute atomic E-state index is 13.5. The minimum atomic E-state index is -5.08. The van der Waals surface area contributed by atoms with Crippen molar-refractivity contribution in [2.24, 2.45) is 17.3 Å². The van der Waals surface area contributed by atoms with Crippen LogP contribution in [0.25, 0.3) is 0 Å². The van der Waals surface area contributed by atoms with Gasteiger partial charge in [0, 0.05) is 51.0 Å². The van der Waals surface area contributed by atoms with Gasteiger partial charge in [-0.3, -0.25) is 9.59 Å². The molecule has 2 aromatic heterocycles. The molecule has 3 aliphatic rings. The average molecular weight is 536 g/mol. The summed E-state index contributed by atoms with van der Waals surface area (Å²) in [4.78, 5) is 48.3. The fourth-order valence-electron chi connectivity index (χ4n) is 4.93. The number of anilines is 1. The van der Waals surface area contributed by atoms with Crippen LogP contribution in [0.3, 0.4) is 0 Å². The monoisotopic (exact) mass is 535 g/mol. The molecule has 0 spiro atoms. The van der Waals surface area contributed by atoms with Gasteiger partial charge in [0.25, 0.3) is 5.91 Å². The molecule has 5 rings (SSSR count). The molecule has 38 heavy (non-hydrogen) atoms. The normalized spacial score (nSPS) is 23.0. The van der Waals surface area contributed by atoms with Crippen LogP contribution in [-0.4, -0.2) is 86.9 Å². The minimum absolute atomic E-state index is 0.0109. The molecule has 1 aliphatic carbocycles. The first kappa shape index (κ1) is 27.2. The second kappa shape index (κ2) is 11.3. The lowest BCUT2D eigenvalue weighted by atomic mass is 9.74. The quantitative estimate of drug-likeness (QED) is 0.586. The number of halogens is 3. The number of carbonyl (C=O) groups is 3. The molecule has 11 nitrogen and oxygen atoms in total. The van der Waals surface area contributed by atoms with Crippen molar-refractivity contribution >= 4 is 23.7 Å². The largest absolute Gasteiger partial charge is 0.490 e. The van der Waals surface area contributed by atoms with Gasteiger partial charge in [-0.2, -0.15) is 23.4 Å². The molecule has 1 saturated carbocycles. The Morgan fingerprint density at radius 2 is 1.82 bits per heavy atom. The topological polar surface area (TPSA) is 142 Å². The maximum atomic E-state index is 13.5. The van der Waals surface area contributed by atoms with Crippen LogP contribution in [0.2, 0.25) is 0 Å². The molecule has 2 atom stereocenters. The van der Waals surface area contributed by atoms with Crippen LogP contribution in [0, 0.1) is 17.3 Å². The maximum Gasteiger partial charge on any atom is 0.490 e. The summed E-state index contributed by atoms with van der Waals surface area (Å²) in [6, 6.07) is 3.48. The number of rotatable bonds is 5. The summed E-state index contributed by atoms with van der Waals surface area (Å²) in [6.07, 6.45) is 5.32. The Hall–Kier alpha value is -3.84. The Bertz CT molecular complexity index is 1130. The average Bonchev–Trinajstić information content (AvgIpc) is 3.70. The molecule has 0 unspecified atom stereocenters. The predicted octanol–water partition coefficient (Wildman–Crippen LogP) is 1.78. The first-order valence-corrected chi connectivity index (χ1v) is 12.3. The number of likely N-dealkylation sites (tertiary alicyclic amines) is 1. The van der Waals surface area contributed by atoms with E-state index >= 15 is 0 Å². The summed E-state index contributed by atoms with van der Waals surface area (Å²) >= 11 is 0. The fourth-order valence-corrected chi connectivity index (χ4v) is 4.93. The Morgan fingerprint density at radius 1 is 1.11 bits per heavy atom. The molecule has 2 aromatic rings. The second-order valence-electron chi connectivity index (χ2n) is 9.72. The number of nitrogens with zero attached hydrogens (tertiary/aromatic N) is 6. The lowest BCUT2D eigenvalue weighted by Gasteiger charge is -2.32. The van der Waals surface area contributed by atoms with Gasteiger partial charge < -0.3 is 20.2 Å². The molecule has 0 bridgehead atoms. The zero-order chi connectivity index (χ0) is 27.3. The molecule has 204 valence electrons. The summed E-state index contributed by atoms with van der Waals surface area (Å²) in [7, 11) is 0. The lowest BCUT2D eigenvalue weighted by molar-refractivity contribution is -0.192. The highest BCUT2D eigenvalue weighted by Gasteiger charge is 2.54. The number of fused-ring (bicyclic) bond motifs is 1. The molecular weight excluding hydrogens is 507 g/mol. The number of carbonyl (C=O) groups excluding carboxylic acids is 2. The van der Waals surface area contributed by atoms with E-state index in [1.54, 1.807) is 24.5 Å². The summed E-state index contributed by atoms with van der Waals surface area (Å²) in [5.74, 6) is -1.43. The molecule has 2 amide bonds. The lowest BCUT2D eigenvalue weighted by Crippen LogP contribution is -2.48. The van der Waals surface area contributed by atoms with Crippen molar-refractivity contribution in [2.45, 2.75) is 31.9 Å². The molecule has 0 aromatic carbocycles. The van der Waals surface area contributed by atoms with Crippen molar-refractivity contribution < 1.29 is 32.7 Å². The van der Waals surface area contributed by atoms with Crippen molar-refractivity contribution in [3.8, 4) is 0 Å². The number of amides is 2. The highest BCUT2D eigenvalue weighted by atomic mass is 19.4. The Labute approximate surface area is 216 Å². The number of alkyl halides is 3. The van der Waals surface area contributed by atoms with Crippen LogP contribution in [0.15, 0.2) is 36.9 Å². The van der Waals surface area contributed by atoms with Crippen LogP contribution >= 0.6 is 0 Å². The van der Waals surface area contributed by atoms with Gasteiger partial charge in [-0.05, 0) is 43.7 Å². The van der Waals surface area contributed by atoms with E-state index in [2.05, 4.69) is 30.4 Å². The number of carboxylic acid groups (broad SMARTS) is 1.